The molecule has 0 atom stereocenters. The van der Waals surface area contributed by atoms with Gasteiger partial charge in [0.25, 0.3) is 0 Å². The minimum absolute atomic E-state index is 0.0442. The molecule has 5 heteroatoms. The molecule has 1 amide bonds. The average molecular weight is 360 g/mol. The van der Waals surface area contributed by atoms with Crippen LogP contribution in [0.3, 0.4) is 0 Å². The second-order valence-electron chi connectivity index (χ2n) is 7.00. The molecule has 0 saturated heterocycles. The van der Waals surface area contributed by atoms with Crippen LogP contribution in [-0.4, -0.2) is 28.6 Å². The van der Waals surface area contributed by atoms with Gasteiger partial charge in [0.15, 0.2) is 11.5 Å². The van der Waals surface area contributed by atoms with Crippen molar-refractivity contribution in [1.82, 2.24) is 9.88 Å². The lowest BCUT2D eigenvalue weighted by Gasteiger charge is -2.21. The number of rotatable bonds is 5. The summed E-state index contributed by atoms with van der Waals surface area (Å²) in [6, 6.07) is 14.3. The van der Waals surface area contributed by atoms with Crippen molar-refractivity contribution in [2.24, 2.45) is 0 Å². The fraction of sp³-hybridized carbons (Fsp3) is 0.227. The van der Waals surface area contributed by atoms with Crippen LogP contribution in [0.5, 0.6) is 11.5 Å². The van der Waals surface area contributed by atoms with E-state index in [-0.39, 0.29) is 12.7 Å². The van der Waals surface area contributed by atoms with Crippen molar-refractivity contribution in [3.63, 3.8) is 0 Å². The Hall–Kier alpha value is -3.21. The number of carbonyl (C=O) groups is 1. The van der Waals surface area contributed by atoms with Crippen LogP contribution in [0.15, 0.2) is 54.7 Å². The normalized spacial score (nSPS) is 15.6. The predicted octanol–water partition coefficient (Wildman–Crippen LogP) is 4.10. The van der Waals surface area contributed by atoms with Crippen molar-refractivity contribution in [3.8, 4) is 11.5 Å². The Labute approximate surface area is 157 Å². The van der Waals surface area contributed by atoms with E-state index in [0.717, 1.165) is 35.4 Å². The summed E-state index contributed by atoms with van der Waals surface area (Å²) >= 11 is 0. The van der Waals surface area contributed by atoms with Crippen LogP contribution in [0.25, 0.3) is 17.0 Å². The Balaban J connectivity index is 1.36. The minimum atomic E-state index is 0.0442. The van der Waals surface area contributed by atoms with E-state index in [1.807, 2.05) is 41.4 Å². The van der Waals surface area contributed by atoms with Gasteiger partial charge >= 0.3 is 0 Å². The number of hydrogen-bond acceptors (Lipinski definition) is 3. The third-order valence-corrected chi connectivity index (χ3v) is 5.11. The van der Waals surface area contributed by atoms with Crippen LogP contribution in [-0.2, 0) is 11.3 Å². The average Bonchev–Trinajstić information content (AvgIpc) is 3.21. The Morgan fingerprint density at radius 3 is 2.93 bits per heavy atom. The number of carbonyl (C=O) groups excluding carboxylic acids is 1. The number of nitrogens with one attached hydrogen (secondary N) is 1. The van der Waals surface area contributed by atoms with E-state index < -0.39 is 0 Å². The van der Waals surface area contributed by atoms with Gasteiger partial charge < -0.3 is 19.4 Å². The molecule has 1 aromatic heterocycles. The largest absolute Gasteiger partial charge is 0.454 e. The number of aromatic nitrogens is 1. The first-order valence-electron chi connectivity index (χ1n) is 9.21. The standard InChI is InChI=1S/C22H20N2O3/c25-22(9-5-15-4-8-20-21(12-15)27-14-26-20)24(17-6-7-17)13-16-2-1-3-19-18(16)10-11-23-19/h1-5,8-12,17,23H,6-7,13-14H2. The zero-order valence-electron chi connectivity index (χ0n) is 14.9. The van der Waals surface area contributed by atoms with Gasteiger partial charge in [-0.05, 0) is 54.3 Å². The van der Waals surface area contributed by atoms with Crippen molar-refractivity contribution in [2.45, 2.75) is 25.4 Å². The molecule has 1 N–H and O–H groups in total. The van der Waals surface area contributed by atoms with Gasteiger partial charge in [-0.1, -0.05) is 18.2 Å². The first kappa shape index (κ1) is 16.0. The summed E-state index contributed by atoms with van der Waals surface area (Å²) in [6.07, 6.45) is 7.60. The SMILES string of the molecule is O=C(C=Cc1ccc2c(c1)OCO2)N(Cc1cccc2[nH]ccc12)C1CC1. The van der Waals surface area contributed by atoms with E-state index in [1.54, 1.807) is 6.08 Å². The maximum atomic E-state index is 12.9. The van der Waals surface area contributed by atoms with Crippen molar-refractivity contribution >= 4 is 22.9 Å². The van der Waals surface area contributed by atoms with Crippen LogP contribution in [0.1, 0.15) is 24.0 Å². The molecule has 0 unspecified atom stereocenters. The highest BCUT2D eigenvalue weighted by atomic mass is 16.7. The van der Waals surface area contributed by atoms with Gasteiger partial charge in [-0.15, -0.1) is 0 Å². The summed E-state index contributed by atoms with van der Waals surface area (Å²) in [6.45, 7) is 0.881. The molecule has 2 heterocycles. The van der Waals surface area contributed by atoms with Gasteiger partial charge in [0.1, 0.15) is 0 Å². The van der Waals surface area contributed by atoms with E-state index in [2.05, 4.69) is 23.2 Å². The van der Waals surface area contributed by atoms with Gasteiger partial charge in [-0.3, -0.25) is 4.79 Å². The first-order chi connectivity index (χ1) is 13.3. The monoisotopic (exact) mass is 360 g/mol. The van der Waals surface area contributed by atoms with Gasteiger partial charge in [-0.25, -0.2) is 0 Å². The number of amides is 1. The predicted molar refractivity (Wildman–Crippen MR) is 103 cm³/mol. The lowest BCUT2D eigenvalue weighted by Crippen LogP contribution is -2.31. The highest BCUT2D eigenvalue weighted by molar-refractivity contribution is 5.93. The molecular weight excluding hydrogens is 340 g/mol. The number of fused-ring (bicyclic) bond motifs is 2. The van der Waals surface area contributed by atoms with Gasteiger partial charge in [0.2, 0.25) is 12.7 Å². The second kappa shape index (κ2) is 6.50. The number of aromatic amines is 1. The molecule has 1 fully saturated rings. The van der Waals surface area contributed by atoms with Crippen molar-refractivity contribution in [3.05, 3.63) is 65.9 Å². The Morgan fingerprint density at radius 2 is 2.04 bits per heavy atom. The lowest BCUT2D eigenvalue weighted by atomic mass is 10.1. The van der Waals surface area contributed by atoms with Crippen LogP contribution in [0, 0.1) is 0 Å². The number of hydrogen-bond donors (Lipinski definition) is 1. The highest BCUT2D eigenvalue weighted by Gasteiger charge is 2.31. The third-order valence-electron chi connectivity index (χ3n) is 5.11. The van der Waals surface area contributed by atoms with Crippen molar-refractivity contribution in [1.29, 1.82) is 0 Å². The molecule has 1 saturated carbocycles. The smallest absolute Gasteiger partial charge is 0.247 e. The molecular formula is C22H20N2O3. The third kappa shape index (κ3) is 3.16. The summed E-state index contributed by atoms with van der Waals surface area (Å²) in [7, 11) is 0. The fourth-order valence-corrected chi connectivity index (χ4v) is 3.53. The van der Waals surface area contributed by atoms with E-state index >= 15 is 0 Å². The van der Waals surface area contributed by atoms with Crippen LogP contribution >= 0.6 is 0 Å². The number of benzene rings is 2. The Bertz CT molecular complexity index is 1030. The summed E-state index contributed by atoms with van der Waals surface area (Å²) in [5.41, 5.74) is 3.20. The molecule has 27 heavy (non-hydrogen) atoms. The van der Waals surface area contributed by atoms with Gasteiger partial charge in [0, 0.05) is 35.8 Å². The molecule has 1 aliphatic carbocycles. The first-order valence-corrected chi connectivity index (χ1v) is 9.21. The van der Waals surface area contributed by atoms with Gasteiger partial charge in [-0.2, -0.15) is 0 Å². The van der Waals surface area contributed by atoms with Crippen molar-refractivity contribution < 1.29 is 14.3 Å². The summed E-state index contributed by atoms with van der Waals surface area (Å²) < 4.78 is 10.7. The van der Waals surface area contributed by atoms with Crippen LogP contribution < -0.4 is 9.47 Å². The molecule has 0 spiro atoms. The topological polar surface area (TPSA) is 54.6 Å². The minimum Gasteiger partial charge on any atom is -0.454 e. The van der Waals surface area contributed by atoms with E-state index in [1.165, 1.54) is 10.9 Å². The molecule has 5 rings (SSSR count). The molecule has 3 aromatic rings. The number of nitrogens with zero attached hydrogens (tertiary/aromatic N) is 1. The van der Waals surface area contributed by atoms with E-state index in [0.29, 0.717) is 12.6 Å². The quantitative estimate of drug-likeness (QED) is 0.697. The van der Waals surface area contributed by atoms with Crippen molar-refractivity contribution in [2.75, 3.05) is 6.79 Å². The summed E-state index contributed by atoms with van der Waals surface area (Å²) in [4.78, 5) is 18.1. The van der Waals surface area contributed by atoms with Crippen LogP contribution in [0.4, 0.5) is 0 Å². The molecule has 0 radical (unpaired) electrons. The fourth-order valence-electron chi connectivity index (χ4n) is 3.53. The number of H-pyrrole nitrogens is 1. The molecule has 2 aromatic carbocycles. The molecule has 2 aliphatic rings. The molecule has 5 nitrogen and oxygen atoms in total. The van der Waals surface area contributed by atoms with E-state index in [9.17, 15) is 4.79 Å². The molecule has 1 aliphatic heterocycles. The zero-order chi connectivity index (χ0) is 18.2. The Kier molecular flexibility index (Phi) is 3.85. The van der Waals surface area contributed by atoms with Crippen LogP contribution in [0.2, 0.25) is 0 Å². The maximum Gasteiger partial charge on any atom is 0.247 e. The summed E-state index contributed by atoms with van der Waals surface area (Å²) in [5, 5.41) is 1.18. The summed E-state index contributed by atoms with van der Waals surface area (Å²) in [5.74, 6) is 1.52. The Morgan fingerprint density at radius 1 is 1.15 bits per heavy atom. The number of ether oxygens (including phenoxy) is 2. The molecule has 0 bridgehead atoms. The lowest BCUT2D eigenvalue weighted by molar-refractivity contribution is -0.127. The van der Waals surface area contributed by atoms with E-state index in [4.69, 9.17) is 9.47 Å². The molecule has 136 valence electrons. The maximum absolute atomic E-state index is 12.9. The zero-order valence-corrected chi connectivity index (χ0v) is 14.9. The highest BCUT2D eigenvalue weighted by Crippen LogP contribution is 2.33. The second-order valence-corrected chi connectivity index (χ2v) is 7.00. The van der Waals surface area contributed by atoms with Gasteiger partial charge in [0.05, 0.1) is 0 Å².